The summed E-state index contributed by atoms with van der Waals surface area (Å²) < 4.78 is 26.8. The van der Waals surface area contributed by atoms with Crippen LogP contribution in [0.3, 0.4) is 0 Å². The summed E-state index contributed by atoms with van der Waals surface area (Å²) in [7, 11) is -3.39. The maximum Gasteiger partial charge on any atom is 0.243 e. The number of benzene rings is 1. The number of nitrogens with one attached hydrogen (secondary N) is 1. The highest BCUT2D eigenvalue weighted by Gasteiger charge is 2.29. The minimum atomic E-state index is -3.39. The number of sulfonamides is 1. The van der Waals surface area contributed by atoms with Crippen LogP contribution in [0.1, 0.15) is 12.8 Å². The topological polar surface area (TPSA) is 75.2 Å². The van der Waals surface area contributed by atoms with Gasteiger partial charge in [0.15, 0.2) is 0 Å². The third-order valence-electron chi connectivity index (χ3n) is 4.18. The monoisotopic (exact) mass is 366 g/mol. The zero-order valence-corrected chi connectivity index (χ0v) is 14.7. The maximum atomic E-state index is 12.6. The van der Waals surface area contributed by atoms with Crippen LogP contribution in [-0.4, -0.2) is 42.3 Å². The van der Waals surface area contributed by atoms with Crippen LogP contribution in [0, 0.1) is 5.92 Å². The third-order valence-corrected chi connectivity index (χ3v) is 6.37. The number of aromatic nitrogens is 2. The second-order valence-corrected chi connectivity index (χ2v) is 8.11. The van der Waals surface area contributed by atoms with Gasteiger partial charge in [0.2, 0.25) is 10.0 Å². The first-order valence-corrected chi connectivity index (χ1v) is 9.64. The molecular weight excluding hydrogens is 348 g/mol. The van der Waals surface area contributed by atoms with E-state index in [1.807, 2.05) is 6.07 Å². The van der Waals surface area contributed by atoms with Crippen molar-refractivity contribution in [2.24, 2.45) is 5.92 Å². The Hall–Kier alpha value is -1.70. The molecule has 0 unspecified atom stereocenters. The number of halogens is 1. The fourth-order valence-electron chi connectivity index (χ4n) is 2.78. The Morgan fingerprint density at radius 2 is 1.92 bits per heavy atom. The molecule has 1 aliphatic heterocycles. The summed E-state index contributed by atoms with van der Waals surface area (Å²) in [5.41, 5.74) is 0. The normalized spacial score (nSPS) is 16.9. The van der Waals surface area contributed by atoms with E-state index in [2.05, 4.69) is 15.3 Å². The molecule has 8 heteroatoms. The second kappa shape index (κ2) is 7.46. The smallest absolute Gasteiger partial charge is 0.243 e. The van der Waals surface area contributed by atoms with E-state index in [1.165, 1.54) is 6.33 Å². The molecule has 6 nitrogen and oxygen atoms in total. The third kappa shape index (κ3) is 3.85. The molecule has 1 saturated heterocycles. The molecule has 0 radical (unpaired) electrons. The van der Waals surface area contributed by atoms with E-state index in [0.29, 0.717) is 34.7 Å². The fraction of sp³-hybridized carbons (Fsp3) is 0.375. The van der Waals surface area contributed by atoms with Crippen molar-refractivity contribution < 1.29 is 8.42 Å². The molecule has 2 heterocycles. The quantitative estimate of drug-likeness (QED) is 0.880. The lowest BCUT2D eigenvalue weighted by atomic mass is 9.98. The number of anilines is 1. The standard InChI is InChI=1S/C16H19ClN4O2S/c17-15-11-18-12-20-16(15)19-10-13-6-8-21(9-7-13)24(22,23)14-4-2-1-3-5-14/h1-5,11-13H,6-10H2,(H,18,19,20). The van der Waals surface area contributed by atoms with Crippen molar-refractivity contribution in [3.8, 4) is 0 Å². The highest BCUT2D eigenvalue weighted by molar-refractivity contribution is 7.89. The van der Waals surface area contributed by atoms with Gasteiger partial charge < -0.3 is 5.32 Å². The van der Waals surface area contributed by atoms with Crippen LogP contribution in [0.5, 0.6) is 0 Å². The van der Waals surface area contributed by atoms with E-state index >= 15 is 0 Å². The van der Waals surface area contributed by atoms with Gasteiger partial charge in [-0.1, -0.05) is 29.8 Å². The lowest BCUT2D eigenvalue weighted by molar-refractivity contribution is 0.282. The summed E-state index contributed by atoms with van der Waals surface area (Å²) in [4.78, 5) is 8.30. The van der Waals surface area contributed by atoms with Gasteiger partial charge in [-0.25, -0.2) is 18.4 Å². The van der Waals surface area contributed by atoms with Crippen LogP contribution in [0.4, 0.5) is 5.82 Å². The largest absolute Gasteiger partial charge is 0.368 e. The molecule has 0 aliphatic carbocycles. The van der Waals surface area contributed by atoms with E-state index in [1.54, 1.807) is 34.8 Å². The van der Waals surface area contributed by atoms with E-state index in [-0.39, 0.29) is 0 Å². The molecule has 1 fully saturated rings. The first-order valence-electron chi connectivity index (χ1n) is 7.82. The van der Waals surface area contributed by atoms with Crippen molar-refractivity contribution in [3.05, 3.63) is 47.9 Å². The van der Waals surface area contributed by atoms with E-state index in [9.17, 15) is 8.42 Å². The highest BCUT2D eigenvalue weighted by atomic mass is 35.5. The van der Waals surface area contributed by atoms with Gasteiger partial charge in [0.05, 0.1) is 11.1 Å². The molecule has 0 atom stereocenters. The van der Waals surface area contributed by atoms with Crippen molar-refractivity contribution in [1.82, 2.24) is 14.3 Å². The summed E-state index contributed by atoms with van der Waals surface area (Å²) in [5, 5.41) is 3.70. The first-order chi connectivity index (χ1) is 11.6. The molecule has 2 aromatic rings. The number of hydrogen-bond donors (Lipinski definition) is 1. The number of rotatable bonds is 5. The van der Waals surface area contributed by atoms with Crippen LogP contribution >= 0.6 is 11.6 Å². The second-order valence-electron chi connectivity index (χ2n) is 5.76. The molecule has 0 spiro atoms. The van der Waals surface area contributed by atoms with Gasteiger partial charge in [0.25, 0.3) is 0 Å². The van der Waals surface area contributed by atoms with E-state index in [4.69, 9.17) is 11.6 Å². The zero-order chi connectivity index (χ0) is 17.0. The van der Waals surface area contributed by atoms with Gasteiger partial charge in [-0.3, -0.25) is 0 Å². The molecule has 1 aliphatic rings. The average Bonchev–Trinajstić information content (AvgIpc) is 2.62. The van der Waals surface area contributed by atoms with Gasteiger partial charge in [0.1, 0.15) is 17.2 Å². The van der Waals surface area contributed by atoms with Gasteiger partial charge in [-0.2, -0.15) is 4.31 Å². The van der Waals surface area contributed by atoms with E-state index < -0.39 is 10.0 Å². The SMILES string of the molecule is O=S(=O)(c1ccccc1)N1CCC(CNc2ncncc2Cl)CC1. The molecule has 0 amide bonds. The highest BCUT2D eigenvalue weighted by Crippen LogP contribution is 2.24. The summed E-state index contributed by atoms with van der Waals surface area (Å²) in [6.45, 7) is 1.78. The Labute approximate surface area is 146 Å². The first kappa shape index (κ1) is 17.1. The van der Waals surface area contributed by atoms with Crippen LogP contribution in [-0.2, 0) is 10.0 Å². The molecular formula is C16H19ClN4O2S. The maximum absolute atomic E-state index is 12.6. The molecule has 1 N–H and O–H groups in total. The molecule has 0 saturated carbocycles. The Bertz CT molecular complexity index is 778. The molecule has 1 aromatic heterocycles. The number of nitrogens with zero attached hydrogens (tertiary/aromatic N) is 3. The number of hydrogen-bond acceptors (Lipinski definition) is 5. The van der Waals surface area contributed by atoms with Gasteiger partial charge in [-0.05, 0) is 30.9 Å². The Morgan fingerprint density at radius 1 is 1.21 bits per heavy atom. The summed E-state index contributed by atoms with van der Waals surface area (Å²) >= 11 is 6.02. The molecule has 24 heavy (non-hydrogen) atoms. The zero-order valence-electron chi connectivity index (χ0n) is 13.1. The molecule has 3 rings (SSSR count). The van der Waals surface area contributed by atoms with Crippen LogP contribution in [0.25, 0.3) is 0 Å². The Kier molecular flexibility index (Phi) is 5.33. The minimum absolute atomic E-state index is 0.356. The Morgan fingerprint density at radius 3 is 2.58 bits per heavy atom. The van der Waals surface area contributed by atoms with Crippen molar-refractivity contribution in [3.63, 3.8) is 0 Å². The van der Waals surface area contributed by atoms with Crippen LogP contribution in [0.2, 0.25) is 5.02 Å². The van der Waals surface area contributed by atoms with Crippen molar-refractivity contribution in [1.29, 1.82) is 0 Å². The van der Waals surface area contributed by atoms with E-state index in [0.717, 1.165) is 19.4 Å². The van der Waals surface area contributed by atoms with Crippen LogP contribution < -0.4 is 5.32 Å². The molecule has 1 aromatic carbocycles. The van der Waals surface area contributed by atoms with Gasteiger partial charge in [-0.15, -0.1) is 0 Å². The predicted octanol–water partition coefficient (Wildman–Crippen LogP) is 2.64. The summed E-state index contributed by atoms with van der Waals surface area (Å²) in [5.74, 6) is 1.00. The van der Waals surface area contributed by atoms with Gasteiger partial charge >= 0.3 is 0 Å². The van der Waals surface area contributed by atoms with Crippen molar-refractivity contribution in [2.75, 3.05) is 25.0 Å². The lowest BCUT2D eigenvalue weighted by Gasteiger charge is -2.31. The van der Waals surface area contributed by atoms with Gasteiger partial charge in [0, 0.05) is 19.6 Å². The molecule has 0 bridgehead atoms. The number of piperidine rings is 1. The van der Waals surface area contributed by atoms with Crippen LogP contribution in [0.15, 0.2) is 47.8 Å². The van der Waals surface area contributed by atoms with Crippen molar-refractivity contribution >= 4 is 27.4 Å². The predicted molar refractivity (Wildman–Crippen MR) is 93.5 cm³/mol. The minimum Gasteiger partial charge on any atom is -0.368 e. The summed E-state index contributed by atoms with van der Waals surface area (Å²) in [6, 6.07) is 8.58. The lowest BCUT2D eigenvalue weighted by Crippen LogP contribution is -2.39. The average molecular weight is 367 g/mol. The summed E-state index contributed by atoms with van der Waals surface area (Å²) in [6.07, 6.45) is 4.61. The fourth-order valence-corrected chi connectivity index (χ4v) is 4.44. The van der Waals surface area contributed by atoms with Crippen molar-refractivity contribution in [2.45, 2.75) is 17.7 Å². The molecule has 128 valence electrons. The Balaban J connectivity index is 1.55.